The predicted molar refractivity (Wildman–Crippen MR) is 77.5 cm³/mol. The van der Waals surface area contributed by atoms with Crippen molar-refractivity contribution in [1.29, 1.82) is 0 Å². The summed E-state index contributed by atoms with van der Waals surface area (Å²) in [6.07, 6.45) is 1.58. The standard InChI is InChI=1S/C11H11ClN2O2S2/c12-9-3-1-2-4-10(9)14-11(17)13-8-5-6-18(15,16)7-8/h1-6,8H,7H2,(H2,13,14,17)/t8-/m1/s1. The van der Waals surface area contributed by atoms with Crippen molar-refractivity contribution in [3.8, 4) is 0 Å². The van der Waals surface area contributed by atoms with Gasteiger partial charge in [-0.15, -0.1) is 0 Å². The average molecular weight is 303 g/mol. The quantitative estimate of drug-likeness (QED) is 0.818. The molecule has 0 radical (unpaired) electrons. The maximum atomic E-state index is 11.2. The first kappa shape index (κ1) is 13.3. The molecule has 0 fully saturated rings. The number of benzene rings is 1. The number of hydrogen-bond acceptors (Lipinski definition) is 3. The van der Waals surface area contributed by atoms with Crippen LogP contribution >= 0.6 is 23.8 Å². The van der Waals surface area contributed by atoms with E-state index in [9.17, 15) is 8.42 Å². The molecule has 1 aromatic rings. The van der Waals surface area contributed by atoms with Gasteiger partial charge in [-0.3, -0.25) is 0 Å². The van der Waals surface area contributed by atoms with Crippen LogP contribution in [0.5, 0.6) is 0 Å². The third-order valence-corrected chi connectivity index (χ3v) is 4.31. The summed E-state index contributed by atoms with van der Waals surface area (Å²) < 4.78 is 22.4. The Bertz CT molecular complexity index is 599. The molecule has 1 aliphatic heterocycles. The first-order chi connectivity index (χ1) is 8.46. The molecule has 2 N–H and O–H groups in total. The molecule has 0 amide bonds. The summed E-state index contributed by atoms with van der Waals surface area (Å²) in [5, 5.41) is 7.92. The molecule has 0 unspecified atom stereocenters. The minimum absolute atomic E-state index is 0.0251. The lowest BCUT2D eigenvalue weighted by Crippen LogP contribution is -2.38. The Morgan fingerprint density at radius 1 is 1.39 bits per heavy atom. The molecule has 0 saturated carbocycles. The molecule has 1 heterocycles. The van der Waals surface area contributed by atoms with Gasteiger partial charge in [-0.25, -0.2) is 8.42 Å². The van der Waals surface area contributed by atoms with E-state index in [0.29, 0.717) is 15.8 Å². The molecule has 0 aromatic heterocycles. The summed E-state index contributed by atoms with van der Waals surface area (Å²) in [6, 6.07) is 6.88. The lowest BCUT2D eigenvalue weighted by atomic mass is 10.3. The summed E-state index contributed by atoms with van der Waals surface area (Å²) in [6.45, 7) is 0. The van der Waals surface area contributed by atoms with Gasteiger partial charge in [-0.05, 0) is 30.4 Å². The van der Waals surface area contributed by atoms with Gasteiger partial charge in [0.25, 0.3) is 0 Å². The Morgan fingerprint density at radius 3 is 2.72 bits per heavy atom. The van der Waals surface area contributed by atoms with E-state index in [1.807, 2.05) is 12.1 Å². The number of anilines is 1. The largest absolute Gasteiger partial charge is 0.355 e. The smallest absolute Gasteiger partial charge is 0.173 e. The van der Waals surface area contributed by atoms with Crippen molar-refractivity contribution in [3.63, 3.8) is 0 Å². The Hall–Kier alpha value is -1.11. The SMILES string of the molecule is O=S1(=O)C=C[C@@H](NC(=S)Nc2ccccc2Cl)C1. The Balaban J connectivity index is 1.95. The van der Waals surface area contributed by atoms with Gasteiger partial charge < -0.3 is 10.6 Å². The van der Waals surface area contributed by atoms with Crippen LogP contribution in [0.15, 0.2) is 35.7 Å². The van der Waals surface area contributed by atoms with Crippen LogP contribution in [0.1, 0.15) is 0 Å². The lowest BCUT2D eigenvalue weighted by molar-refractivity contribution is 0.603. The van der Waals surface area contributed by atoms with Gasteiger partial charge in [-0.1, -0.05) is 23.7 Å². The third-order valence-electron chi connectivity index (χ3n) is 2.37. The van der Waals surface area contributed by atoms with E-state index in [2.05, 4.69) is 10.6 Å². The van der Waals surface area contributed by atoms with E-state index in [-0.39, 0.29) is 11.8 Å². The van der Waals surface area contributed by atoms with Crippen LogP contribution in [0.4, 0.5) is 5.69 Å². The summed E-state index contributed by atoms with van der Waals surface area (Å²) in [4.78, 5) is 0. The summed E-state index contributed by atoms with van der Waals surface area (Å²) in [5.74, 6) is 0.0251. The first-order valence-corrected chi connectivity index (χ1v) is 7.69. The van der Waals surface area contributed by atoms with E-state index >= 15 is 0 Å². The van der Waals surface area contributed by atoms with Crippen molar-refractivity contribution in [2.75, 3.05) is 11.1 Å². The maximum Gasteiger partial charge on any atom is 0.173 e. The highest BCUT2D eigenvalue weighted by atomic mass is 35.5. The van der Waals surface area contributed by atoms with Crippen molar-refractivity contribution >= 4 is 44.5 Å². The zero-order chi connectivity index (χ0) is 13.2. The van der Waals surface area contributed by atoms with Gasteiger partial charge in [-0.2, -0.15) is 0 Å². The van der Waals surface area contributed by atoms with Crippen LogP contribution in [0, 0.1) is 0 Å². The zero-order valence-corrected chi connectivity index (χ0v) is 11.6. The highest BCUT2D eigenvalue weighted by molar-refractivity contribution is 7.94. The van der Waals surface area contributed by atoms with E-state index in [1.54, 1.807) is 18.2 Å². The number of hydrogen-bond donors (Lipinski definition) is 2. The molecule has 4 nitrogen and oxygen atoms in total. The number of rotatable bonds is 2. The molecule has 1 atom stereocenters. The predicted octanol–water partition coefficient (Wildman–Crippen LogP) is 1.94. The van der Waals surface area contributed by atoms with Crippen LogP contribution < -0.4 is 10.6 Å². The van der Waals surface area contributed by atoms with Crippen molar-refractivity contribution in [2.24, 2.45) is 0 Å². The monoisotopic (exact) mass is 302 g/mol. The number of nitrogens with one attached hydrogen (secondary N) is 2. The van der Waals surface area contributed by atoms with Crippen molar-refractivity contribution in [3.05, 3.63) is 40.8 Å². The zero-order valence-electron chi connectivity index (χ0n) is 9.26. The van der Waals surface area contributed by atoms with Crippen LogP contribution in [-0.4, -0.2) is 25.3 Å². The summed E-state index contributed by atoms with van der Waals surface area (Å²) in [7, 11) is -3.08. The Kier molecular flexibility index (Phi) is 3.89. The Labute approximate surface area is 116 Å². The molecule has 96 valence electrons. The highest BCUT2D eigenvalue weighted by Crippen LogP contribution is 2.20. The number of para-hydroxylation sites is 1. The van der Waals surface area contributed by atoms with Crippen LogP contribution in [0.3, 0.4) is 0 Å². The number of sulfone groups is 1. The molecule has 1 aliphatic rings. The number of thiocarbonyl (C=S) groups is 1. The molecule has 7 heteroatoms. The van der Waals surface area contributed by atoms with Crippen LogP contribution in [0.2, 0.25) is 5.02 Å². The van der Waals surface area contributed by atoms with E-state index in [1.165, 1.54) is 5.41 Å². The maximum absolute atomic E-state index is 11.2. The molecule has 0 bridgehead atoms. The second kappa shape index (κ2) is 5.26. The normalized spacial score (nSPS) is 20.6. The van der Waals surface area contributed by atoms with Gasteiger partial charge in [0.2, 0.25) is 0 Å². The van der Waals surface area contributed by atoms with Gasteiger partial charge in [0.05, 0.1) is 22.5 Å². The molecule has 0 spiro atoms. The molecule has 2 rings (SSSR count). The molecular weight excluding hydrogens is 292 g/mol. The summed E-state index contributed by atoms with van der Waals surface area (Å²) >= 11 is 11.1. The third kappa shape index (κ3) is 3.44. The minimum Gasteiger partial charge on any atom is -0.355 e. The fourth-order valence-electron chi connectivity index (χ4n) is 1.56. The second-order valence-electron chi connectivity index (χ2n) is 3.84. The topological polar surface area (TPSA) is 58.2 Å². The first-order valence-electron chi connectivity index (χ1n) is 5.19. The average Bonchev–Trinajstić information content (AvgIpc) is 2.61. The molecule has 1 aromatic carbocycles. The van der Waals surface area contributed by atoms with Crippen molar-refractivity contribution < 1.29 is 8.42 Å². The lowest BCUT2D eigenvalue weighted by Gasteiger charge is -2.14. The van der Waals surface area contributed by atoms with Gasteiger partial charge in [0, 0.05) is 5.41 Å². The van der Waals surface area contributed by atoms with Gasteiger partial charge >= 0.3 is 0 Å². The fourth-order valence-corrected chi connectivity index (χ4v) is 3.23. The van der Waals surface area contributed by atoms with Gasteiger partial charge in [0.15, 0.2) is 14.9 Å². The Morgan fingerprint density at radius 2 is 2.11 bits per heavy atom. The van der Waals surface area contributed by atoms with Gasteiger partial charge in [0.1, 0.15) is 0 Å². The van der Waals surface area contributed by atoms with Crippen molar-refractivity contribution in [1.82, 2.24) is 5.32 Å². The molecule has 0 aliphatic carbocycles. The summed E-state index contributed by atoms with van der Waals surface area (Å²) in [5.41, 5.74) is 0.682. The second-order valence-corrected chi connectivity index (χ2v) is 6.59. The minimum atomic E-state index is -3.08. The highest BCUT2D eigenvalue weighted by Gasteiger charge is 2.22. The van der Waals surface area contributed by atoms with Crippen LogP contribution in [-0.2, 0) is 9.84 Å². The van der Waals surface area contributed by atoms with E-state index in [0.717, 1.165) is 0 Å². The fraction of sp³-hybridized carbons (Fsp3) is 0.182. The van der Waals surface area contributed by atoms with E-state index in [4.69, 9.17) is 23.8 Å². The van der Waals surface area contributed by atoms with Crippen molar-refractivity contribution in [2.45, 2.75) is 6.04 Å². The van der Waals surface area contributed by atoms with Crippen LogP contribution in [0.25, 0.3) is 0 Å². The molecule has 0 saturated heterocycles. The molecular formula is C11H11ClN2O2S2. The number of halogens is 1. The molecule has 18 heavy (non-hydrogen) atoms. The van der Waals surface area contributed by atoms with E-state index < -0.39 is 9.84 Å².